The zero-order chi connectivity index (χ0) is 14.7. The van der Waals surface area contributed by atoms with Gasteiger partial charge in [-0.05, 0) is 43.1 Å². The molecule has 0 aliphatic carbocycles. The Morgan fingerprint density at radius 3 is 3.00 bits per heavy atom. The lowest BCUT2D eigenvalue weighted by atomic mass is 10.1. The molecule has 0 radical (unpaired) electrons. The highest BCUT2D eigenvalue weighted by Crippen LogP contribution is 2.22. The normalized spacial score (nSPS) is 22.7. The summed E-state index contributed by atoms with van der Waals surface area (Å²) in [5, 5.41) is 0. The summed E-state index contributed by atoms with van der Waals surface area (Å²) in [7, 11) is 0. The molecule has 0 amide bonds. The number of fused-ring (bicyclic) bond motifs is 1. The second-order valence-electron chi connectivity index (χ2n) is 5.92. The van der Waals surface area contributed by atoms with Gasteiger partial charge in [0.15, 0.2) is 0 Å². The van der Waals surface area contributed by atoms with Gasteiger partial charge in [0.1, 0.15) is 5.82 Å². The van der Waals surface area contributed by atoms with E-state index in [0.717, 1.165) is 37.3 Å². The lowest BCUT2D eigenvalue weighted by Gasteiger charge is -2.37. The van der Waals surface area contributed by atoms with Crippen molar-refractivity contribution in [2.75, 3.05) is 32.7 Å². The van der Waals surface area contributed by atoms with E-state index in [2.05, 4.69) is 21.6 Å². The minimum Gasteiger partial charge on any atom is -0.320 e. The lowest BCUT2D eigenvalue weighted by molar-refractivity contribution is 0.0993. The summed E-state index contributed by atoms with van der Waals surface area (Å²) in [6.45, 7) is 5.66. The molecule has 1 unspecified atom stereocenters. The molecule has 3 rings (SSSR count). The zero-order valence-corrected chi connectivity index (χ0v) is 12.3. The molecule has 1 atom stereocenters. The van der Waals surface area contributed by atoms with E-state index in [0.29, 0.717) is 12.6 Å². The van der Waals surface area contributed by atoms with E-state index in [1.54, 1.807) is 6.07 Å². The number of piperazine rings is 1. The molecule has 2 fully saturated rings. The fourth-order valence-electron chi connectivity index (χ4n) is 3.42. The number of benzene rings is 1. The van der Waals surface area contributed by atoms with E-state index < -0.39 is 0 Å². The van der Waals surface area contributed by atoms with Crippen molar-refractivity contribution in [3.05, 3.63) is 35.1 Å². The van der Waals surface area contributed by atoms with E-state index in [1.807, 2.05) is 6.07 Å². The van der Waals surface area contributed by atoms with Crippen LogP contribution in [0.3, 0.4) is 0 Å². The number of nitrogens with zero attached hydrogens (tertiary/aromatic N) is 2. The smallest absolute Gasteiger partial charge is 0.124 e. The van der Waals surface area contributed by atoms with Crippen molar-refractivity contribution in [1.29, 1.82) is 0 Å². The van der Waals surface area contributed by atoms with Crippen LogP contribution >= 0.6 is 0 Å². The maximum atomic E-state index is 13.7. The highest BCUT2D eigenvalue weighted by atomic mass is 19.1. The molecule has 112 valence electrons. The molecule has 0 bridgehead atoms. The fourth-order valence-corrected chi connectivity index (χ4v) is 3.42. The van der Waals surface area contributed by atoms with Gasteiger partial charge in [0.25, 0.3) is 0 Å². The van der Waals surface area contributed by atoms with E-state index in [9.17, 15) is 4.39 Å². The quantitative estimate of drug-likeness (QED) is 0.835. The topological polar surface area (TPSA) is 32.5 Å². The minimum absolute atomic E-state index is 0.215. The second kappa shape index (κ2) is 6.57. The highest BCUT2D eigenvalue weighted by molar-refractivity contribution is 5.38. The van der Waals surface area contributed by atoms with Crippen LogP contribution in [-0.2, 0) is 6.54 Å². The Kier molecular flexibility index (Phi) is 4.54. The molecule has 0 saturated carbocycles. The molecule has 1 aromatic rings. The number of nitrogens with two attached hydrogens (primary N) is 1. The van der Waals surface area contributed by atoms with Crippen molar-refractivity contribution in [1.82, 2.24) is 9.80 Å². The van der Waals surface area contributed by atoms with Gasteiger partial charge in [-0.2, -0.15) is 0 Å². The predicted molar refractivity (Wildman–Crippen MR) is 82.2 cm³/mol. The van der Waals surface area contributed by atoms with Gasteiger partial charge < -0.3 is 5.73 Å². The molecular formula is C17H22FN3. The van der Waals surface area contributed by atoms with Crippen LogP contribution in [0.2, 0.25) is 0 Å². The Balaban J connectivity index is 1.68. The average Bonchev–Trinajstić information content (AvgIpc) is 2.92. The van der Waals surface area contributed by atoms with Gasteiger partial charge in [0.05, 0.1) is 6.54 Å². The number of hydrogen-bond acceptors (Lipinski definition) is 3. The van der Waals surface area contributed by atoms with Gasteiger partial charge in [0.2, 0.25) is 0 Å². The fraction of sp³-hybridized carbons (Fsp3) is 0.529. The summed E-state index contributed by atoms with van der Waals surface area (Å²) in [6, 6.07) is 5.77. The van der Waals surface area contributed by atoms with Crippen LogP contribution in [-0.4, -0.2) is 48.6 Å². The summed E-state index contributed by atoms with van der Waals surface area (Å²) < 4.78 is 13.7. The molecule has 0 spiro atoms. The summed E-state index contributed by atoms with van der Waals surface area (Å²) in [4.78, 5) is 5.02. The first-order chi connectivity index (χ1) is 10.2. The molecular weight excluding hydrogens is 265 g/mol. The van der Waals surface area contributed by atoms with E-state index in [1.165, 1.54) is 25.5 Å². The predicted octanol–water partition coefficient (Wildman–Crippen LogP) is 1.42. The van der Waals surface area contributed by atoms with E-state index in [4.69, 9.17) is 5.73 Å². The van der Waals surface area contributed by atoms with Crippen molar-refractivity contribution in [3.63, 3.8) is 0 Å². The highest BCUT2D eigenvalue weighted by Gasteiger charge is 2.30. The molecule has 21 heavy (non-hydrogen) atoms. The number of halogens is 1. The van der Waals surface area contributed by atoms with Gasteiger partial charge in [-0.25, -0.2) is 4.39 Å². The SMILES string of the molecule is NCC#Cc1cc(F)cc(CN2CCN3CCCC3C2)c1. The van der Waals surface area contributed by atoms with Crippen molar-refractivity contribution in [3.8, 4) is 11.8 Å². The summed E-state index contributed by atoms with van der Waals surface area (Å²) in [5.74, 6) is 5.49. The molecule has 2 N–H and O–H groups in total. The van der Waals surface area contributed by atoms with Crippen LogP contribution in [0.25, 0.3) is 0 Å². The van der Waals surface area contributed by atoms with Gasteiger partial charge >= 0.3 is 0 Å². The second-order valence-corrected chi connectivity index (χ2v) is 5.92. The monoisotopic (exact) mass is 287 g/mol. The largest absolute Gasteiger partial charge is 0.320 e. The van der Waals surface area contributed by atoms with Gasteiger partial charge in [-0.15, -0.1) is 0 Å². The van der Waals surface area contributed by atoms with Crippen molar-refractivity contribution >= 4 is 0 Å². The molecule has 0 aromatic heterocycles. The first-order valence-electron chi connectivity index (χ1n) is 7.69. The molecule has 2 heterocycles. The molecule has 2 saturated heterocycles. The summed E-state index contributed by atoms with van der Waals surface area (Å²) in [5.41, 5.74) is 7.09. The Morgan fingerprint density at radius 2 is 2.14 bits per heavy atom. The van der Waals surface area contributed by atoms with E-state index >= 15 is 0 Å². The molecule has 4 heteroatoms. The summed E-state index contributed by atoms with van der Waals surface area (Å²) >= 11 is 0. The van der Waals surface area contributed by atoms with Gasteiger partial charge in [0, 0.05) is 37.8 Å². The summed E-state index contributed by atoms with van der Waals surface area (Å²) in [6.07, 6.45) is 2.62. The standard InChI is InChI=1S/C17H22FN3/c18-16-10-14(3-1-5-19)9-15(11-16)12-20-7-8-21-6-2-4-17(21)13-20/h9-11,17H,2,4-8,12-13,19H2. The van der Waals surface area contributed by atoms with Crippen LogP contribution in [0.4, 0.5) is 4.39 Å². The molecule has 2 aliphatic rings. The Morgan fingerprint density at radius 1 is 1.24 bits per heavy atom. The van der Waals surface area contributed by atoms with Crippen LogP contribution < -0.4 is 5.73 Å². The lowest BCUT2D eigenvalue weighted by Crippen LogP contribution is -2.49. The molecule has 2 aliphatic heterocycles. The maximum absolute atomic E-state index is 13.7. The van der Waals surface area contributed by atoms with Crippen LogP contribution in [0.5, 0.6) is 0 Å². The Labute approximate surface area is 125 Å². The maximum Gasteiger partial charge on any atom is 0.124 e. The third-order valence-corrected chi connectivity index (χ3v) is 4.37. The van der Waals surface area contributed by atoms with Crippen molar-refractivity contribution in [2.24, 2.45) is 5.73 Å². The number of hydrogen-bond donors (Lipinski definition) is 1. The Hall–Kier alpha value is -1.41. The third-order valence-electron chi connectivity index (χ3n) is 4.37. The van der Waals surface area contributed by atoms with Crippen molar-refractivity contribution in [2.45, 2.75) is 25.4 Å². The van der Waals surface area contributed by atoms with Crippen molar-refractivity contribution < 1.29 is 4.39 Å². The van der Waals surface area contributed by atoms with Crippen LogP contribution in [0, 0.1) is 17.7 Å². The minimum atomic E-state index is -0.215. The van der Waals surface area contributed by atoms with Gasteiger partial charge in [-0.3, -0.25) is 9.80 Å². The first kappa shape index (κ1) is 14.5. The van der Waals surface area contributed by atoms with Crippen LogP contribution in [0.15, 0.2) is 18.2 Å². The van der Waals surface area contributed by atoms with Gasteiger partial charge in [-0.1, -0.05) is 11.8 Å². The molecule has 1 aromatic carbocycles. The molecule has 3 nitrogen and oxygen atoms in total. The van der Waals surface area contributed by atoms with Crippen LogP contribution in [0.1, 0.15) is 24.0 Å². The Bertz CT molecular complexity index is 561. The third kappa shape index (κ3) is 3.62. The first-order valence-corrected chi connectivity index (χ1v) is 7.69. The zero-order valence-electron chi connectivity index (χ0n) is 12.3. The average molecular weight is 287 g/mol. The number of rotatable bonds is 2. The van der Waals surface area contributed by atoms with E-state index in [-0.39, 0.29) is 5.82 Å².